The summed E-state index contributed by atoms with van der Waals surface area (Å²) in [6, 6.07) is 0.671. The molecule has 0 unspecified atom stereocenters. The minimum Gasteiger partial charge on any atom is -0.476 e. The van der Waals surface area contributed by atoms with Crippen molar-refractivity contribution < 1.29 is 23.1 Å². The van der Waals surface area contributed by atoms with Crippen LogP contribution in [0.15, 0.2) is 12.3 Å². The Morgan fingerprint density at radius 1 is 1.50 bits per heavy atom. The summed E-state index contributed by atoms with van der Waals surface area (Å²) in [5.41, 5.74) is 2.72. The molecule has 2 aromatic rings. The number of hydrogen-bond acceptors (Lipinski definition) is 3. The third-order valence-electron chi connectivity index (χ3n) is 2.19. The molecule has 2 aromatic heterocycles. The molecule has 2 heterocycles. The second-order valence-corrected chi connectivity index (χ2v) is 3.79. The molecule has 0 amide bonds. The van der Waals surface area contributed by atoms with Gasteiger partial charge in [0, 0.05) is 11.9 Å². The Kier molecular flexibility index (Phi) is 2.62. The lowest BCUT2D eigenvalue weighted by atomic mass is 10.2. The first kappa shape index (κ1) is 12.5. The number of aromatic nitrogens is 2. The lowest BCUT2D eigenvalue weighted by Crippen LogP contribution is -2.09. The van der Waals surface area contributed by atoms with Crippen molar-refractivity contribution >= 4 is 28.9 Å². The van der Waals surface area contributed by atoms with Gasteiger partial charge in [-0.15, -0.1) is 0 Å². The van der Waals surface area contributed by atoms with E-state index in [2.05, 4.69) is 4.98 Å². The van der Waals surface area contributed by atoms with E-state index in [9.17, 15) is 18.0 Å². The minimum atomic E-state index is -4.71. The van der Waals surface area contributed by atoms with Crippen molar-refractivity contribution in [2.75, 3.05) is 5.73 Å². The molecule has 0 aliphatic rings. The number of nitrogen functional groups attached to an aromatic ring is 1. The molecule has 3 N–H and O–H groups in total. The van der Waals surface area contributed by atoms with E-state index >= 15 is 0 Å². The molecule has 18 heavy (non-hydrogen) atoms. The van der Waals surface area contributed by atoms with Crippen LogP contribution in [0.3, 0.4) is 0 Å². The Balaban J connectivity index is 2.89. The standard InChI is InChI=1S/C9H5ClF3N3O2/c10-6-5(8(17)18)15-7-4(9(11,12)13)1-3(14)2-16(6)7/h1-2H,14H2,(H,17,18). The number of fused-ring (bicyclic) bond motifs is 1. The van der Waals surface area contributed by atoms with E-state index in [0.717, 1.165) is 10.6 Å². The minimum absolute atomic E-state index is 0.203. The number of carboxylic acid groups (broad SMARTS) is 1. The van der Waals surface area contributed by atoms with Crippen molar-refractivity contribution in [3.05, 3.63) is 28.7 Å². The maximum Gasteiger partial charge on any atom is 0.420 e. The summed E-state index contributed by atoms with van der Waals surface area (Å²) < 4.78 is 39.0. The highest BCUT2D eigenvalue weighted by molar-refractivity contribution is 6.32. The highest BCUT2D eigenvalue weighted by Crippen LogP contribution is 2.35. The van der Waals surface area contributed by atoms with Crippen molar-refractivity contribution in [2.45, 2.75) is 6.18 Å². The van der Waals surface area contributed by atoms with Gasteiger partial charge in [0.1, 0.15) is 10.7 Å². The number of imidazole rings is 1. The maximum absolute atomic E-state index is 12.7. The summed E-state index contributed by atoms with van der Waals surface area (Å²) in [4.78, 5) is 14.1. The van der Waals surface area contributed by atoms with Crippen LogP contribution in [0.4, 0.5) is 18.9 Å². The number of hydrogen-bond donors (Lipinski definition) is 2. The number of anilines is 1. The number of nitrogens with zero attached hydrogens (tertiary/aromatic N) is 2. The first-order chi connectivity index (χ1) is 8.21. The molecule has 0 saturated heterocycles. The Bertz CT molecular complexity index is 651. The Morgan fingerprint density at radius 2 is 2.11 bits per heavy atom. The van der Waals surface area contributed by atoms with E-state index in [1.165, 1.54) is 0 Å². The van der Waals surface area contributed by atoms with Gasteiger partial charge in [-0.1, -0.05) is 11.6 Å². The third kappa shape index (κ3) is 1.84. The predicted octanol–water partition coefficient (Wildman–Crippen LogP) is 2.29. The predicted molar refractivity (Wildman–Crippen MR) is 56.6 cm³/mol. The average Bonchev–Trinajstić information content (AvgIpc) is 2.54. The molecule has 0 bridgehead atoms. The number of nitrogens with two attached hydrogens (primary N) is 1. The van der Waals surface area contributed by atoms with Crippen LogP contribution in [0.2, 0.25) is 5.15 Å². The van der Waals surface area contributed by atoms with Gasteiger partial charge in [0.15, 0.2) is 11.3 Å². The van der Waals surface area contributed by atoms with E-state index in [0.29, 0.717) is 6.07 Å². The average molecular weight is 280 g/mol. The van der Waals surface area contributed by atoms with Crippen molar-refractivity contribution in [3.8, 4) is 0 Å². The van der Waals surface area contributed by atoms with Crippen LogP contribution in [0.25, 0.3) is 5.65 Å². The van der Waals surface area contributed by atoms with Crippen LogP contribution >= 0.6 is 11.6 Å². The number of rotatable bonds is 1. The molecule has 0 aliphatic heterocycles. The van der Waals surface area contributed by atoms with Gasteiger partial charge in [0.25, 0.3) is 0 Å². The molecule has 0 fully saturated rings. The molecular weight excluding hydrogens is 275 g/mol. The number of alkyl halides is 3. The summed E-state index contributed by atoms with van der Waals surface area (Å²) in [7, 11) is 0. The lowest BCUT2D eigenvalue weighted by Gasteiger charge is -2.09. The Hall–Kier alpha value is -1.96. The van der Waals surface area contributed by atoms with E-state index < -0.39 is 34.2 Å². The molecule has 0 aromatic carbocycles. The second kappa shape index (κ2) is 3.77. The van der Waals surface area contributed by atoms with Crippen molar-refractivity contribution in [3.63, 3.8) is 0 Å². The second-order valence-electron chi connectivity index (χ2n) is 3.43. The van der Waals surface area contributed by atoms with Gasteiger partial charge in [-0.3, -0.25) is 4.40 Å². The highest BCUT2D eigenvalue weighted by atomic mass is 35.5. The van der Waals surface area contributed by atoms with Crippen LogP contribution in [0, 0.1) is 0 Å². The smallest absolute Gasteiger partial charge is 0.420 e. The number of pyridine rings is 1. The quantitative estimate of drug-likeness (QED) is 0.839. The normalized spacial score (nSPS) is 12.0. The summed E-state index contributed by atoms with van der Waals surface area (Å²) in [6.45, 7) is 0. The number of carboxylic acids is 1. The van der Waals surface area contributed by atoms with Crippen molar-refractivity contribution in [2.24, 2.45) is 0 Å². The van der Waals surface area contributed by atoms with Gasteiger partial charge in [-0.2, -0.15) is 13.2 Å². The van der Waals surface area contributed by atoms with Gasteiger partial charge in [-0.05, 0) is 6.07 Å². The van der Waals surface area contributed by atoms with Gasteiger partial charge in [0.2, 0.25) is 0 Å². The molecule has 0 radical (unpaired) electrons. The number of halogens is 4. The Morgan fingerprint density at radius 3 is 2.61 bits per heavy atom. The first-order valence-electron chi connectivity index (χ1n) is 4.49. The zero-order valence-corrected chi connectivity index (χ0v) is 9.25. The summed E-state index contributed by atoms with van der Waals surface area (Å²) in [6.07, 6.45) is -3.63. The van der Waals surface area contributed by atoms with Crippen LogP contribution in [0.5, 0.6) is 0 Å². The number of carbonyl (C=O) groups is 1. The molecule has 9 heteroatoms. The maximum atomic E-state index is 12.7. The molecule has 0 aliphatic carbocycles. The van der Waals surface area contributed by atoms with Gasteiger partial charge >= 0.3 is 12.1 Å². The van der Waals surface area contributed by atoms with E-state index in [4.69, 9.17) is 22.4 Å². The van der Waals surface area contributed by atoms with Gasteiger partial charge in [0.05, 0.1) is 0 Å². The first-order valence-corrected chi connectivity index (χ1v) is 4.87. The molecule has 5 nitrogen and oxygen atoms in total. The number of aromatic carboxylic acids is 1. The summed E-state index contributed by atoms with van der Waals surface area (Å²) >= 11 is 5.64. The molecule has 0 atom stereocenters. The molecule has 96 valence electrons. The fraction of sp³-hybridized carbons (Fsp3) is 0.111. The zero-order chi connectivity index (χ0) is 13.7. The fourth-order valence-corrected chi connectivity index (χ4v) is 1.73. The zero-order valence-electron chi connectivity index (χ0n) is 8.49. The molecule has 0 spiro atoms. The van der Waals surface area contributed by atoms with E-state index in [-0.39, 0.29) is 5.69 Å². The molecule has 0 saturated carbocycles. The van der Waals surface area contributed by atoms with E-state index in [1.54, 1.807) is 0 Å². The molecule has 2 rings (SSSR count). The Labute approximate surface area is 103 Å². The van der Waals surface area contributed by atoms with Gasteiger partial charge < -0.3 is 10.8 Å². The third-order valence-corrected chi connectivity index (χ3v) is 2.55. The highest BCUT2D eigenvalue weighted by Gasteiger charge is 2.35. The van der Waals surface area contributed by atoms with Crippen molar-refractivity contribution in [1.82, 2.24) is 9.38 Å². The van der Waals surface area contributed by atoms with Crippen LogP contribution in [-0.4, -0.2) is 20.5 Å². The molecular formula is C9H5ClF3N3O2. The lowest BCUT2D eigenvalue weighted by molar-refractivity contribution is -0.136. The van der Waals surface area contributed by atoms with Crippen LogP contribution in [0.1, 0.15) is 16.1 Å². The van der Waals surface area contributed by atoms with E-state index in [1.807, 2.05) is 0 Å². The largest absolute Gasteiger partial charge is 0.476 e. The van der Waals surface area contributed by atoms with Crippen LogP contribution in [-0.2, 0) is 6.18 Å². The SMILES string of the molecule is Nc1cc(C(F)(F)F)c2nc(C(=O)O)c(Cl)n2c1. The topological polar surface area (TPSA) is 80.6 Å². The van der Waals surface area contributed by atoms with Crippen LogP contribution < -0.4 is 5.73 Å². The van der Waals surface area contributed by atoms with Gasteiger partial charge in [-0.25, -0.2) is 9.78 Å². The summed E-state index contributed by atoms with van der Waals surface area (Å²) in [5.74, 6) is -1.52. The summed E-state index contributed by atoms with van der Waals surface area (Å²) in [5, 5.41) is 8.32. The fourth-order valence-electron chi connectivity index (χ4n) is 1.48. The monoisotopic (exact) mass is 279 g/mol. The van der Waals surface area contributed by atoms with Crippen molar-refractivity contribution in [1.29, 1.82) is 0 Å².